The Balaban J connectivity index is 3.25. The molecule has 0 radical (unpaired) electrons. The van der Waals surface area contributed by atoms with E-state index >= 15 is 0 Å². The second-order valence-corrected chi connectivity index (χ2v) is 1.56. The average Bonchev–Trinajstić information content (AvgIpc) is 1.83. The van der Waals surface area contributed by atoms with Crippen LogP contribution in [0.3, 0.4) is 0 Å². The summed E-state index contributed by atoms with van der Waals surface area (Å²) in [4.78, 5) is 3.51. The van der Waals surface area contributed by atoms with Gasteiger partial charge in [0, 0.05) is 12.3 Å². The SMILES string of the molecule is Nc1nccc(O)c1O. The molecule has 4 nitrogen and oxygen atoms in total. The molecule has 4 heteroatoms. The summed E-state index contributed by atoms with van der Waals surface area (Å²) in [5, 5.41) is 17.5. The number of aromatic hydroxyl groups is 2. The molecule has 0 atom stereocenters. The van der Waals surface area contributed by atoms with Crippen LogP contribution in [0.15, 0.2) is 12.3 Å². The molecule has 4 N–H and O–H groups in total. The maximum absolute atomic E-state index is 8.77. The molecule has 48 valence electrons. The van der Waals surface area contributed by atoms with E-state index in [9.17, 15) is 0 Å². The Hall–Kier alpha value is -1.45. The fraction of sp³-hybridized carbons (Fsp3) is 0. The van der Waals surface area contributed by atoms with Gasteiger partial charge < -0.3 is 15.9 Å². The summed E-state index contributed by atoms with van der Waals surface area (Å²) in [6.45, 7) is 0. The number of anilines is 1. The molecule has 0 unspecified atom stereocenters. The molecule has 0 bridgehead atoms. The first kappa shape index (κ1) is 5.68. The Morgan fingerprint density at radius 3 is 2.56 bits per heavy atom. The first-order valence-electron chi connectivity index (χ1n) is 2.34. The molecule has 9 heavy (non-hydrogen) atoms. The van der Waals surface area contributed by atoms with E-state index < -0.39 is 0 Å². The highest BCUT2D eigenvalue weighted by molar-refractivity contribution is 5.52. The molecule has 0 aromatic carbocycles. The monoisotopic (exact) mass is 126 g/mol. The van der Waals surface area contributed by atoms with Crippen molar-refractivity contribution < 1.29 is 10.2 Å². The largest absolute Gasteiger partial charge is 0.504 e. The van der Waals surface area contributed by atoms with Crippen LogP contribution < -0.4 is 5.73 Å². The number of pyridine rings is 1. The molecule has 0 spiro atoms. The average molecular weight is 126 g/mol. The number of rotatable bonds is 0. The molecule has 0 fully saturated rings. The third kappa shape index (κ3) is 0.861. The van der Waals surface area contributed by atoms with Crippen LogP contribution in [-0.2, 0) is 0 Å². The first-order chi connectivity index (χ1) is 4.22. The molecule has 1 rings (SSSR count). The Labute approximate surface area is 51.6 Å². The van der Waals surface area contributed by atoms with E-state index in [1.165, 1.54) is 12.3 Å². The summed E-state index contributed by atoms with van der Waals surface area (Å²) in [6, 6.07) is 1.26. The zero-order valence-corrected chi connectivity index (χ0v) is 4.57. The summed E-state index contributed by atoms with van der Waals surface area (Å²) in [7, 11) is 0. The van der Waals surface area contributed by atoms with Crippen molar-refractivity contribution in [2.24, 2.45) is 0 Å². The second kappa shape index (κ2) is 1.81. The number of nitrogens with zero attached hydrogens (tertiary/aromatic N) is 1. The summed E-state index contributed by atoms with van der Waals surface area (Å²) >= 11 is 0. The van der Waals surface area contributed by atoms with Crippen LogP contribution in [0.1, 0.15) is 0 Å². The lowest BCUT2D eigenvalue weighted by Crippen LogP contribution is -1.88. The van der Waals surface area contributed by atoms with Gasteiger partial charge in [0.05, 0.1) is 0 Å². The number of aromatic nitrogens is 1. The van der Waals surface area contributed by atoms with Crippen molar-refractivity contribution in [2.75, 3.05) is 5.73 Å². The van der Waals surface area contributed by atoms with Crippen LogP contribution in [-0.4, -0.2) is 15.2 Å². The molecule has 1 aromatic rings. The molecule has 0 aliphatic carbocycles. The van der Waals surface area contributed by atoms with Crippen molar-refractivity contribution in [1.29, 1.82) is 0 Å². The van der Waals surface area contributed by atoms with E-state index in [0.717, 1.165) is 0 Å². The minimum atomic E-state index is -0.363. The van der Waals surface area contributed by atoms with Gasteiger partial charge in [-0.2, -0.15) is 0 Å². The Morgan fingerprint density at radius 2 is 2.11 bits per heavy atom. The highest BCUT2D eigenvalue weighted by Gasteiger charge is 2.00. The van der Waals surface area contributed by atoms with E-state index in [4.69, 9.17) is 15.9 Å². The highest BCUT2D eigenvalue weighted by atomic mass is 16.3. The van der Waals surface area contributed by atoms with Crippen LogP contribution in [0.4, 0.5) is 5.82 Å². The zero-order chi connectivity index (χ0) is 6.85. The van der Waals surface area contributed by atoms with Crippen molar-refractivity contribution in [3.8, 4) is 11.5 Å². The maximum atomic E-state index is 8.77. The number of hydrogen-bond donors (Lipinski definition) is 3. The topological polar surface area (TPSA) is 79.4 Å². The Kier molecular flexibility index (Phi) is 1.14. The van der Waals surface area contributed by atoms with Gasteiger partial charge in [-0.15, -0.1) is 0 Å². The van der Waals surface area contributed by atoms with Gasteiger partial charge in [0.2, 0.25) is 5.75 Å². The van der Waals surface area contributed by atoms with Crippen LogP contribution in [0.5, 0.6) is 11.5 Å². The lowest BCUT2D eigenvalue weighted by molar-refractivity contribution is 0.404. The lowest BCUT2D eigenvalue weighted by atomic mass is 10.4. The molecule has 0 saturated carbocycles. The van der Waals surface area contributed by atoms with Gasteiger partial charge in [-0.3, -0.25) is 0 Å². The molecule has 0 aliphatic rings. The van der Waals surface area contributed by atoms with Crippen LogP contribution >= 0.6 is 0 Å². The molecule has 0 aliphatic heterocycles. The van der Waals surface area contributed by atoms with Gasteiger partial charge in [0.25, 0.3) is 0 Å². The van der Waals surface area contributed by atoms with Crippen molar-refractivity contribution in [2.45, 2.75) is 0 Å². The molecular weight excluding hydrogens is 120 g/mol. The smallest absolute Gasteiger partial charge is 0.200 e. The van der Waals surface area contributed by atoms with Crippen molar-refractivity contribution in [1.82, 2.24) is 4.98 Å². The van der Waals surface area contributed by atoms with Gasteiger partial charge in [-0.05, 0) is 0 Å². The van der Waals surface area contributed by atoms with Gasteiger partial charge in [0.15, 0.2) is 11.6 Å². The lowest BCUT2D eigenvalue weighted by Gasteiger charge is -1.96. The van der Waals surface area contributed by atoms with Gasteiger partial charge >= 0.3 is 0 Å². The van der Waals surface area contributed by atoms with E-state index in [1.807, 2.05) is 0 Å². The van der Waals surface area contributed by atoms with Crippen molar-refractivity contribution in [3.05, 3.63) is 12.3 Å². The predicted molar refractivity (Wildman–Crippen MR) is 32.0 cm³/mol. The van der Waals surface area contributed by atoms with Crippen molar-refractivity contribution in [3.63, 3.8) is 0 Å². The van der Waals surface area contributed by atoms with E-state index in [0.29, 0.717) is 0 Å². The standard InChI is InChI=1S/C5H6N2O2/c6-5-4(9)3(8)1-2-7-5/h1-2,9H,(H3,6,7,8). The quantitative estimate of drug-likeness (QED) is 0.459. The molecule has 0 saturated heterocycles. The third-order valence-electron chi connectivity index (χ3n) is 0.931. The van der Waals surface area contributed by atoms with E-state index in [2.05, 4.69) is 4.98 Å². The fourth-order valence-electron chi connectivity index (χ4n) is 0.459. The first-order valence-corrected chi connectivity index (χ1v) is 2.34. The Bertz CT molecular complexity index is 204. The van der Waals surface area contributed by atoms with Crippen LogP contribution in [0.25, 0.3) is 0 Å². The number of nitrogen functional groups attached to an aromatic ring is 1. The minimum Gasteiger partial charge on any atom is -0.504 e. The summed E-state index contributed by atoms with van der Waals surface area (Å²) in [6.07, 6.45) is 1.31. The highest BCUT2D eigenvalue weighted by Crippen LogP contribution is 2.27. The minimum absolute atomic E-state index is 0.0602. The Morgan fingerprint density at radius 1 is 1.44 bits per heavy atom. The van der Waals surface area contributed by atoms with Crippen molar-refractivity contribution >= 4 is 5.82 Å². The number of nitrogens with two attached hydrogens (primary N) is 1. The van der Waals surface area contributed by atoms with Crippen LogP contribution in [0, 0.1) is 0 Å². The molecule has 1 heterocycles. The van der Waals surface area contributed by atoms with Gasteiger partial charge in [-0.1, -0.05) is 0 Å². The molecular formula is C5H6N2O2. The predicted octanol–water partition coefficient (Wildman–Crippen LogP) is 0.0750. The molecule has 1 aromatic heterocycles. The van der Waals surface area contributed by atoms with E-state index in [1.54, 1.807) is 0 Å². The zero-order valence-electron chi connectivity index (χ0n) is 4.57. The summed E-state index contributed by atoms with van der Waals surface area (Å²) in [5.74, 6) is -0.671. The third-order valence-corrected chi connectivity index (χ3v) is 0.931. The maximum Gasteiger partial charge on any atom is 0.200 e. The van der Waals surface area contributed by atoms with Crippen LogP contribution in [0.2, 0.25) is 0 Å². The van der Waals surface area contributed by atoms with E-state index in [-0.39, 0.29) is 17.3 Å². The second-order valence-electron chi connectivity index (χ2n) is 1.56. The normalized spacial score (nSPS) is 9.33. The molecule has 0 amide bonds. The fourth-order valence-corrected chi connectivity index (χ4v) is 0.459. The summed E-state index contributed by atoms with van der Waals surface area (Å²) < 4.78 is 0. The summed E-state index contributed by atoms with van der Waals surface area (Å²) in [5.41, 5.74) is 5.10. The van der Waals surface area contributed by atoms with Gasteiger partial charge in [0.1, 0.15) is 0 Å². The number of hydrogen-bond acceptors (Lipinski definition) is 4. The van der Waals surface area contributed by atoms with Gasteiger partial charge in [-0.25, -0.2) is 4.98 Å².